The van der Waals surface area contributed by atoms with Gasteiger partial charge in [-0.2, -0.15) is 0 Å². The maximum absolute atomic E-state index is 6.17. The van der Waals surface area contributed by atoms with Crippen LogP contribution in [0.2, 0.25) is 5.02 Å². The van der Waals surface area contributed by atoms with E-state index >= 15 is 0 Å². The molecule has 2 aromatic rings. The molecule has 0 atom stereocenters. The highest BCUT2D eigenvalue weighted by molar-refractivity contribution is 7.15. The van der Waals surface area contributed by atoms with Crippen LogP contribution < -0.4 is 0 Å². The van der Waals surface area contributed by atoms with Gasteiger partial charge in [0, 0.05) is 15.5 Å². The van der Waals surface area contributed by atoms with Crippen LogP contribution in [0.4, 0.5) is 0 Å². The van der Waals surface area contributed by atoms with Crippen molar-refractivity contribution in [1.82, 2.24) is 4.98 Å². The van der Waals surface area contributed by atoms with Crippen LogP contribution in [0, 0.1) is 6.92 Å². The molecule has 0 fully saturated rings. The maximum Gasteiger partial charge on any atom is 0.124 e. The summed E-state index contributed by atoms with van der Waals surface area (Å²) in [4.78, 5) is 6.26. The maximum atomic E-state index is 6.17. The SMILES string of the molecule is Cc1c(Cl)cccc1-c1nc2c(s1)CCCC2. The minimum atomic E-state index is 0.829. The van der Waals surface area contributed by atoms with Gasteiger partial charge in [0.1, 0.15) is 5.01 Å². The number of halogens is 1. The first-order chi connectivity index (χ1) is 8.25. The second-order valence-corrected chi connectivity index (χ2v) is 6.00. The molecule has 1 nitrogen and oxygen atoms in total. The largest absolute Gasteiger partial charge is 0.241 e. The van der Waals surface area contributed by atoms with E-state index in [1.54, 1.807) is 0 Å². The minimum absolute atomic E-state index is 0.829. The number of aromatic nitrogens is 1. The van der Waals surface area contributed by atoms with Crippen molar-refractivity contribution < 1.29 is 0 Å². The zero-order valence-corrected chi connectivity index (χ0v) is 11.4. The van der Waals surface area contributed by atoms with E-state index in [1.807, 2.05) is 23.5 Å². The van der Waals surface area contributed by atoms with Crippen LogP contribution in [0.15, 0.2) is 18.2 Å². The van der Waals surface area contributed by atoms with E-state index in [1.165, 1.54) is 35.4 Å². The van der Waals surface area contributed by atoms with Gasteiger partial charge in [0.05, 0.1) is 5.69 Å². The van der Waals surface area contributed by atoms with E-state index in [-0.39, 0.29) is 0 Å². The van der Waals surface area contributed by atoms with Crippen LogP contribution >= 0.6 is 22.9 Å². The Morgan fingerprint density at radius 3 is 2.88 bits per heavy atom. The van der Waals surface area contributed by atoms with Crippen LogP contribution in [0.3, 0.4) is 0 Å². The first-order valence-electron chi connectivity index (χ1n) is 6.00. The van der Waals surface area contributed by atoms with E-state index in [2.05, 4.69) is 13.0 Å². The number of hydrogen-bond donors (Lipinski definition) is 0. The van der Waals surface area contributed by atoms with E-state index in [9.17, 15) is 0 Å². The van der Waals surface area contributed by atoms with Gasteiger partial charge >= 0.3 is 0 Å². The van der Waals surface area contributed by atoms with Crippen LogP contribution in [0.25, 0.3) is 10.6 Å². The molecule has 88 valence electrons. The highest BCUT2D eigenvalue weighted by Crippen LogP contribution is 2.35. The average Bonchev–Trinajstić information content (AvgIpc) is 2.76. The highest BCUT2D eigenvalue weighted by atomic mass is 35.5. The van der Waals surface area contributed by atoms with Crippen LogP contribution in [-0.4, -0.2) is 4.98 Å². The Balaban J connectivity index is 2.09. The highest BCUT2D eigenvalue weighted by Gasteiger charge is 2.17. The molecule has 0 spiro atoms. The number of rotatable bonds is 1. The van der Waals surface area contributed by atoms with Crippen molar-refractivity contribution in [2.24, 2.45) is 0 Å². The lowest BCUT2D eigenvalue weighted by Gasteiger charge is -2.06. The Labute approximate surface area is 110 Å². The average molecular weight is 264 g/mol. The van der Waals surface area contributed by atoms with Gasteiger partial charge in [-0.15, -0.1) is 11.3 Å². The lowest BCUT2D eigenvalue weighted by atomic mass is 10.0. The van der Waals surface area contributed by atoms with E-state index in [0.29, 0.717) is 0 Å². The van der Waals surface area contributed by atoms with E-state index in [0.717, 1.165) is 22.0 Å². The summed E-state index contributed by atoms with van der Waals surface area (Å²) in [6.45, 7) is 2.07. The third kappa shape index (κ3) is 2.00. The fraction of sp³-hybridized carbons (Fsp3) is 0.357. The second-order valence-electron chi connectivity index (χ2n) is 4.51. The van der Waals surface area contributed by atoms with Gasteiger partial charge in [-0.05, 0) is 44.2 Å². The molecule has 3 heteroatoms. The Bertz CT molecular complexity index is 536. The summed E-state index contributed by atoms with van der Waals surface area (Å²) in [6.07, 6.45) is 4.94. The fourth-order valence-electron chi connectivity index (χ4n) is 2.31. The van der Waals surface area contributed by atoms with E-state index in [4.69, 9.17) is 16.6 Å². The molecule has 1 aromatic heterocycles. The molecule has 0 unspecified atom stereocenters. The molecule has 0 saturated heterocycles. The summed E-state index contributed by atoms with van der Waals surface area (Å²) in [5.41, 5.74) is 3.65. The normalized spacial score (nSPS) is 14.7. The molecule has 1 heterocycles. The van der Waals surface area contributed by atoms with Crippen LogP contribution in [0.5, 0.6) is 0 Å². The molecule has 1 aliphatic carbocycles. The molecule has 0 amide bonds. The van der Waals surface area contributed by atoms with Gasteiger partial charge in [0.2, 0.25) is 0 Å². The minimum Gasteiger partial charge on any atom is -0.241 e. The monoisotopic (exact) mass is 263 g/mol. The fourth-order valence-corrected chi connectivity index (χ4v) is 3.71. The molecule has 1 aliphatic rings. The third-order valence-electron chi connectivity index (χ3n) is 3.34. The number of aryl methyl sites for hydroxylation is 2. The van der Waals surface area contributed by atoms with Gasteiger partial charge in [0.25, 0.3) is 0 Å². The Morgan fingerprint density at radius 2 is 2.06 bits per heavy atom. The van der Waals surface area contributed by atoms with Crippen molar-refractivity contribution in [1.29, 1.82) is 0 Å². The van der Waals surface area contributed by atoms with Crippen molar-refractivity contribution in [3.63, 3.8) is 0 Å². The summed E-state index contributed by atoms with van der Waals surface area (Å²) < 4.78 is 0. The topological polar surface area (TPSA) is 12.9 Å². The first-order valence-corrected chi connectivity index (χ1v) is 7.19. The zero-order chi connectivity index (χ0) is 11.8. The smallest absolute Gasteiger partial charge is 0.124 e. The van der Waals surface area contributed by atoms with Gasteiger partial charge in [-0.25, -0.2) is 4.98 Å². The van der Waals surface area contributed by atoms with Gasteiger partial charge in [-0.3, -0.25) is 0 Å². The number of nitrogens with zero attached hydrogens (tertiary/aromatic N) is 1. The van der Waals surface area contributed by atoms with Gasteiger partial charge < -0.3 is 0 Å². The van der Waals surface area contributed by atoms with Crippen LogP contribution in [-0.2, 0) is 12.8 Å². The number of benzene rings is 1. The predicted octanol–water partition coefficient (Wildman–Crippen LogP) is 4.65. The molecule has 0 N–H and O–H groups in total. The van der Waals surface area contributed by atoms with Gasteiger partial charge in [0.15, 0.2) is 0 Å². The zero-order valence-electron chi connectivity index (χ0n) is 9.79. The first kappa shape index (κ1) is 11.2. The van der Waals surface area contributed by atoms with E-state index < -0.39 is 0 Å². The predicted molar refractivity (Wildman–Crippen MR) is 73.9 cm³/mol. The molecular weight excluding hydrogens is 250 g/mol. The summed E-state index contributed by atoms with van der Waals surface area (Å²) >= 11 is 8.01. The number of hydrogen-bond acceptors (Lipinski definition) is 2. The number of thiazole rings is 1. The summed E-state index contributed by atoms with van der Waals surface area (Å²) in [6, 6.07) is 6.06. The molecule has 0 radical (unpaired) electrons. The van der Waals surface area contributed by atoms with Crippen molar-refractivity contribution in [2.75, 3.05) is 0 Å². The molecule has 0 aliphatic heterocycles. The molecule has 0 bridgehead atoms. The Hall–Kier alpha value is -0.860. The molecule has 17 heavy (non-hydrogen) atoms. The Morgan fingerprint density at radius 1 is 1.24 bits per heavy atom. The second kappa shape index (κ2) is 4.43. The summed E-state index contributed by atoms with van der Waals surface area (Å²) in [7, 11) is 0. The quantitative estimate of drug-likeness (QED) is 0.730. The number of fused-ring (bicyclic) bond motifs is 1. The summed E-state index contributed by atoms with van der Waals surface area (Å²) in [5.74, 6) is 0. The molecule has 1 aromatic carbocycles. The molecular formula is C14H14ClNS. The molecule has 0 saturated carbocycles. The molecule has 3 rings (SSSR count). The lowest BCUT2D eigenvalue weighted by molar-refractivity contribution is 0.682. The Kier molecular flexibility index (Phi) is 2.93. The van der Waals surface area contributed by atoms with Gasteiger partial charge in [-0.1, -0.05) is 23.7 Å². The van der Waals surface area contributed by atoms with Crippen molar-refractivity contribution in [2.45, 2.75) is 32.6 Å². The standard InChI is InChI=1S/C14H14ClNS/c1-9-10(5-4-6-11(9)15)14-16-12-7-2-3-8-13(12)17-14/h4-6H,2-3,7-8H2,1H3. The third-order valence-corrected chi connectivity index (χ3v) is 4.94. The van der Waals surface area contributed by atoms with Crippen LogP contribution in [0.1, 0.15) is 29.0 Å². The van der Waals surface area contributed by atoms with Crippen molar-refractivity contribution >= 4 is 22.9 Å². The van der Waals surface area contributed by atoms with Crippen molar-refractivity contribution in [3.05, 3.63) is 39.4 Å². The lowest BCUT2D eigenvalue weighted by Crippen LogP contribution is -1.98. The van der Waals surface area contributed by atoms with Crippen molar-refractivity contribution in [3.8, 4) is 10.6 Å². The summed E-state index contributed by atoms with van der Waals surface area (Å²) in [5, 5.41) is 1.97.